The van der Waals surface area contributed by atoms with Gasteiger partial charge in [-0.15, -0.1) is 0 Å². The van der Waals surface area contributed by atoms with Gasteiger partial charge in [0.1, 0.15) is 12.5 Å². The molecule has 0 radical (unpaired) electrons. The molecule has 290 valence electrons. The van der Waals surface area contributed by atoms with E-state index in [1.807, 2.05) is 66.7 Å². The molecule has 0 aliphatic heterocycles. The predicted octanol–water partition coefficient (Wildman–Crippen LogP) is 13.2. The number of aliphatic hydroxyl groups excluding tert-OH is 1. The highest BCUT2D eigenvalue weighted by molar-refractivity contribution is 6.30. The zero-order valence-corrected chi connectivity index (χ0v) is 34.2. The summed E-state index contributed by atoms with van der Waals surface area (Å²) in [7, 11) is 0. The molecule has 5 heteroatoms. The summed E-state index contributed by atoms with van der Waals surface area (Å²) >= 11 is 5.93. The van der Waals surface area contributed by atoms with Crippen LogP contribution in [0.2, 0.25) is 5.02 Å². The Kier molecular flexibility index (Phi) is 29.3. The molecule has 52 heavy (non-hydrogen) atoms. The van der Waals surface area contributed by atoms with Crippen molar-refractivity contribution in [2.75, 3.05) is 0 Å². The molecule has 2 N–H and O–H groups in total. The zero-order valence-electron chi connectivity index (χ0n) is 33.4. The molecule has 0 spiro atoms. The number of rotatable bonds is 13. The van der Waals surface area contributed by atoms with Crippen molar-refractivity contribution < 1.29 is 14.7 Å². The molecule has 4 rings (SSSR count). The molecule has 1 amide bonds. The van der Waals surface area contributed by atoms with Crippen LogP contribution < -0.4 is 5.32 Å². The number of carbonyl (C=O) groups excluding carboxylic acids is 2. The van der Waals surface area contributed by atoms with Gasteiger partial charge in [-0.05, 0) is 106 Å². The van der Waals surface area contributed by atoms with Crippen molar-refractivity contribution in [1.82, 2.24) is 5.32 Å². The van der Waals surface area contributed by atoms with Crippen LogP contribution in [-0.4, -0.2) is 23.5 Å². The number of aldehydes is 1. The van der Waals surface area contributed by atoms with Crippen molar-refractivity contribution >= 4 is 23.8 Å². The summed E-state index contributed by atoms with van der Waals surface area (Å²) in [4.78, 5) is 22.9. The summed E-state index contributed by atoms with van der Waals surface area (Å²) in [5.41, 5.74) is 7.47. The first-order valence-electron chi connectivity index (χ1n) is 19.1. The van der Waals surface area contributed by atoms with Gasteiger partial charge in [0.2, 0.25) is 5.91 Å². The lowest BCUT2D eigenvalue weighted by Crippen LogP contribution is -2.39. The molecule has 0 saturated heterocycles. The van der Waals surface area contributed by atoms with E-state index in [0.29, 0.717) is 36.6 Å². The smallest absolute Gasteiger partial charge is 0.222 e. The van der Waals surface area contributed by atoms with Crippen molar-refractivity contribution in [3.8, 4) is 0 Å². The average molecular weight is 735 g/mol. The summed E-state index contributed by atoms with van der Waals surface area (Å²) in [6, 6.07) is 24.9. The van der Waals surface area contributed by atoms with Crippen molar-refractivity contribution in [3.63, 3.8) is 0 Å². The average Bonchev–Trinajstić information content (AvgIpc) is 3.15. The largest absolute Gasteiger partial charge is 0.374 e. The van der Waals surface area contributed by atoms with Crippen molar-refractivity contribution in [2.45, 2.75) is 147 Å². The van der Waals surface area contributed by atoms with Gasteiger partial charge in [0.25, 0.3) is 0 Å². The molecule has 0 heterocycles. The Morgan fingerprint density at radius 3 is 1.96 bits per heavy atom. The third-order valence-electron chi connectivity index (χ3n) is 9.10. The van der Waals surface area contributed by atoms with Crippen LogP contribution in [0.1, 0.15) is 141 Å². The minimum Gasteiger partial charge on any atom is -0.374 e. The lowest BCUT2D eigenvalue weighted by Gasteiger charge is -2.32. The van der Waals surface area contributed by atoms with E-state index in [1.54, 1.807) is 0 Å². The van der Waals surface area contributed by atoms with E-state index in [4.69, 9.17) is 11.6 Å². The van der Waals surface area contributed by atoms with Gasteiger partial charge in [-0.25, -0.2) is 0 Å². The third-order valence-corrected chi connectivity index (χ3v) is 9.33. The first kappa shape index (κ1) is 50.6. The lowest BCUT2D eigenvalue weighted by atomic mass is 9.76. The van der Waals surface area contributed by atoms with Crippen molar-refractivity contribution in [2.24, 2.45) is 5.41 Å². The second-order valence-corrected chi connectivity index (χ2v) is 13.3. The Morgan fingerprint density at radius 2 is 1.48 bits per heavy atom. The third kappa shape index (κ3) is 21.2. The Hall–Kier alpha value is -3.47. The van der Waals surface area contributed by atoms with Gasteiger partial charge in [-0.1, -0.05) is 163 Å². The number of aryl methyl sites for hydroxylation is 4. The van der Waals surface area contributed by atoms with E-state index in [-0.39, 0.29) is 18.7 Å². The maximum absolute atomic E-state index is 12.1. The maximum Gasteiger partial charge on any atom is 0.222 e. The fourth-order valence-corrected chi connectivity index (χ4v) is 5.93. The quantitative estimate of drug-likeness (QED) is 0.136. The van der Waals surface area contributed by atoms with Crippen molar-refractivity contribution in [1.29, 1.82) is 0 Å². The van der Waals surface area contributed by atoms with Gasteiger partial charge in [0.05, 0.1) is 0 Å². The number of nitrogens with one attached hydrogen (secondary N) is 1. The van der Waals surface area contributed by atoms with Crippen LogP contribution in [0.4, 0.5) is 0 Å². The summed E-state index contributed by atoms with van der Waals surface area (Å²) in [6.45, 7) is 20.5. The molecule has 0 fully saturated rings. The fraction of sp³-hybridized carbons (Fsp3) is 0.489. The van der Waals surface area contributed by atoms with Gasteiger partial charge >= 0.3 is 0 Å². The Labute approximate surface area is 324 Å². The SMILES string of the molecule is C.CC.CC.CC(CC1=CCCC=C1)c1ccccc1.CCC(CC)(CC=O)CC(O)NC(=O)CCc1ccc(Cl)cc1C.Cc1ccc(C)cc1. The molecule has 3 aromatic carbocycles. The van der Waals surface area contributed by atoms with E-state index in [0.717, 1.165) is 30.3 Å². The summed E-state index contributed by atoms with van der Waals surface area (Å²) in [6.07, 6.45) is 13.8. The van der Waals surface area contributed by atoms with Crippen molar-refractivity contribution in [3.05, 3.63) is 129 Å². The number of aliphatic hydroxyl groups is 1. The van der Waals surface area contributed by atoms with Gasteiger partial charge in [0, 0.05) is 17.9 Å². The molecular weight excluding hydrogens is 662 g/mol. The Bertz CT molecular complexity index is 1390. The molecule has 1 aliphatic carbocycles. The highest BCUT2D eigenvalue weighted by Crippen LogP contribution is 2.34. The first-order valence-corrected chi connectivity index (χ1v) is 19.5. The minimum absolute atomic E-state index is 0. The Morgan fingerprint density at radius 1 is 0.904 bits per heavy atom. The van der Waals surface area contributed by atoms with Crippen LogP contribution in [0.25, 0.3) is 0 Å². The van der Waals surface area contributed by atoms with Crippen LogP contribution in [-0.2, 0) is 16.0 Å². The topological polar surface area (TPSA) is 66.4 Å². The fourth-order valence-electron chi connectivity index (χ4n) is 5.70. The minimum atomic E-state index is -0.927. The van der Waals surface area contributed by atoms with Crippen LogP contribution in [0.15, 0.2) is 96.6 Å². The molecule has 0 bridgehead atoms. The second-order valence-electron chi connectivity index (χ2n) is 12.9. The van der Waals surface area contributed by atoms with Gasteiger partial charge in [-0.2, -0.15) is 0 Å². The van der Waals surface area contributed by atoms with E-state index in [1.165, 1.54) is 41.5 Å². The number of hydrogen-bond donors (Lipinski definition) is 2. The molecule has 2 unspecified atom stereocenters. The molecule has 4 nitrogen and oxygen atoms in total. The standard InChI is InChI=1S/C19H28ClNO3.C15H18.C8H10.2C2H6.CH4/c1-4-19(5-2,10-11-22)13-18(24)21-17(23)9-7-15-6-8-16(20)12-14(15)3;1-13(15-10-6-3-7-11-15)12-14-8-4-2-5-9-14;1-7-3-5-8(2)6-4-7;2*1-2;/h6,8,11-12,18,24H,4-5,7,9-10,13H2,1-3H3,(H,21,23);3-4,6-11,13H,2,5,12H2,1H3;3-6H,1-2H3;2*1-2H3;1H4. The van der Waals surface area contributed by atoms with E-state index in [2.05, 4.69) is 98.9 Å². The second kappa shape index (κ2) is 30.0. The summed E-state index contributed by atoms with van der Waals surface area (Å²) < 4.78 is 0. The van der Waals surface area contributed by atoms with Crippen LogP contribution >= 0.6 is 11.6 Å². The molecule has 1 aliphatic rings. The highest BCUT2D eigenvalue weighted by Gasteiger charge is 2.29. The molecule has 0 aromatic heterocycles. The summed E-state index contributed by atoms with van der Waals surface area (Å²) in [5.74, 6) is 0.434. The van der Waals surface area contributed by atoms with E-state index in [9.17, 15) is 14.7 Å². The van der Waals surface area contributed by atoms with Crippen LogP contribution in [0.3, 0.4) is 0 Å². The number of benzene rings is 3. The first-order chi connectivity index (χ1) is 24.5. The van der Waals surface area contributed by atoms with Gasteiger partial charge < -0.3 is 15.2 Å². The monoisotopic (exact) mass is 734 g/mol. The molecule has 2 atom stereocenters. The number of allylic oxidation sites excluding steroid dienone is 4. The maximum atomic E-state index is 12.1. The van der Waals surface area contributed by atoms with Crippen LogP contribution in [0.5, 0.6) is 0 Å². The molecular formula is C47H72ClNO3. The number of hydrogen-bond acceptors (Lipinski definition) is 3. The van der Waals surface area contributed by atoms with E-state index >= 15 is 0 Å². The normalized spacial score (nSPS) is 12.5. The van der Waals surface area contributed by atoms with E-state index < -0.39 is 6.23 Å². The predicted molar refractivity (Wildman–Crippen MR) is 228 cm³/mol. The number of halogens is 1. The molecule has 0 saturated carbocycles. The zero-order chi connectivity index (χ0) is 38.7. The van der Waals surface area contributed by atoms with Crippen LogP contribution in [0, 0.1) is 26.2 Å². The Balaban J connectivity index is 0. The van der Waals surface area contributed by atoms with Gasteiger partial charge in [-0.3, -0.25) is 4.79 Å². The van der Waals surface area contributed by atoms with Gasteiger partial charge in [0.15, 0.2) is 0 Å². The summed E-state index contributed by atoms with van der Waals surface area (Å²) in [5, 5.41) is 13.5. The lowest BCUT2D eigenvalue weighted by molar-refractivity contribution is -0.124. The number of carbonyl (C=O) groups is 2. The highest BCUT2D eigenvalue weighted by atomic mass is 35.5. The number of amides is 1. The molecule has 3 aromatic rings.